The van der Waals surface area contributed by atoms with Gasteiger partial charge in [-0.3, -0.25) is 0 Å². The van der Waals surface area contributed by atoms with Crippen molar-refractivity contribution >= 4 is 11.9 Å². The number of hydrogen-bond acceptors (Lipinski definition) is 6. The van der Waals surface area contributed by atoms with Crippen LogP contribution in [0.5, 0.6) is 0 Å². The van der Waals surface area contributed by atoms with Gasteiger partial charge in [-0.15, -0.1) is 0 Å². The highest BCUT2D eigenvalue weighted by Crippen LogP contribution is 2.21. The number of carbonyl (C=O) groups excluding carboxylic acids is 2. The summed E-state index contributed by atoms with van der Waals surface area (Å²) in [5.74, 6) is -0.655. The highest BCUT2D eigenvalue weighted by Gasteiger charge is 2.20. The molecule has 32 heavy (non-hydrogen) atoms. The molecule has 6 heteroatoms. The second-order valence-corrected chi connectivity index (χ2v) is 9.67. The Kier molecular flexibility index (Phi) is 15.2. The first-order valence-electron chi connectivity index (χ1n) is 11.8. The zero-order valence-electron chi connectivity index (χ0n) is 21.3. The molecule has 0 spiro atoms. The molecule has 0 saturated heterocycles. The molecular weight excluding hydrogens is 408 g/mol. The van der Waals surface area contributed by atoms with Gasteiger partial charge in [0.15, 0.2) is 0 Å². The van der Waals surface area contributed by atoms with Crippen molar-refractivity contribution in [3.8, 4) is 0 Å². The van der Waals surface area contributed by atoms with Gasteiger partial charge in [0.1, 0.15) is 0 Å². The molecule has 0 aliphatic heterocycles. The van der Waals surface area contributed by atoms with E-state index in [1.165, 1.54) is 0 Å². The normalized spacial score (nSPS) is 11.8. The average Bonchev–Trinajstić information content (AvgIpc) is 2.69. The van der Waals surface area contributed by atoms with E-state index in [0.29, 0.717) is 31.0 Å². The first kappa shape index (κ1) is 30.3. The van der Waals surface area contributed by atoms with E-state index >= 15 is 0 Å². The summed E-state index contributed by atoms with van der Waals surface area (Å²) in [4.78, 5) is 22.7. The van der Waals surface area contributed by atoms with Gasteiger partial charge in [0.05, 0.1) is 24.4 Å². The third kappa shape index (κ3) is 17.0. The Balaban J connectivity index is 3.77. The van der Waals surface area contributed by atoms with Crippen molar-refractivity contribution in [2.75, 3.05) is 26.4 Å². The SMILES string of the molecule is C=C(C)C(=O)OCCCCOC(C)(C)CCCCOC(C)(C)CCCCOC(=O)C(=C)C. The summed E-state index contributed by atoms with van der Waals surface area (Å²) in [5, 5.41) is 0. The third-order valence-corrected chi connectivity index (χ3v) is 5.03. The summed E-state index contributed by atoms with van der Waals surface area (Å²) < 4.78 is 22.3. The fourth-order valence-electron chi connectivity index (χ4n) is 2.93. The highest BCUT2D eigenvalue weighted by atomic mass is 16.5. The fraction of sp³-hybridized carbons (Fsp3) is 0.769. The molecule has 0 rings (SSSR count). The van der Waals surface area contributed by atoms with Crippen LogP contribution in [-0.4, -0.2) is 49.6 Å². The van der Waals surface area contributed by atoms with Gasteiger partial charge in [-0.25, -0.2) is 9.59 Å². The second-order valence-electron chi connectivity index (χ2n) is 9.67. The molecule has 0 aliphatic rings. The van der Waals surface area contributed by atoms with Crippen LogP contribution in [0, 0.1) is 0 Å². The molecule has 0 bridgehead atoms. The minimum absolute atomic E-state index is 0.175. The summed E-state index contributed by atoms with van der Waals surface area (Å²) in [7, 11) is 0. The number of carbonyl (C=O) groups is 2. The standard InChI is InChI=1S/C26H46O6/c1-21(2)23(27)29-17-11-9-15-25(5,6)31-19-12-10-16-26(7,8)32-20-14-13-18-30-24(28)22(3)4/h1,3,9-20H2,2,4-8H3. The Morgan fingerprint density at radius 1 is 0.594 bits per heavy atom. The number of rotatable bonds is 19. The molecule has 0 N–H and O–H groups in total. The third-order valence-electron chi connectivity index (χ3n) is 5.03. The molecule has 0 unspecified atom stereocenters. The van der Waals surface area contributed by atoms with Crippen molar-refractivity contribution in [1.29, 1.82) is 0 Å². The molecule has 0 aromatic rings. The topological polar surface area (TPSA) is 71.1 Å². The molecular formula is C26H46O6. The zero-order chi connectivity index (χ0) is 24.6. The Labute approximate surface area is 195 Å². The lowest BCUT2D eigenvalue weighted by Gasteiger charge is -2.27. The average molecular weight is 455 g/mol. The van der Waals surface area contributed by atoms with Gasteiger partial charge in [0.2, 0.25) is 0 Å². The van der Waals surface area contributed by atoms with E-state index in [1.54, 1.807) is 13.8 Å². The quantitative estimate of drug-likeness (QED) is 0.137. The van der Waals surface area contributed by atoms with E-state index in [-0.39, 0.29) is 23.1 Å². The van der Waals surface area contributed by atoms with Crippen molar-refractivity contribution in [3.63, 3.8) is 0 Å². The largest absolute Gasteiger partial charge is 0.462 e. The maximum absolute atomic E-state index is 11.3. The molecule has 0 radical (unpaired) electrons. The van der Waals surface area contributed by atoms with E-state index < -0.39 is 0 Å². The van der Waals surface area contributed by atoms with Crippen LogP contribution in [0.1, 0.15) is 92.9 Å². The monoisotopic (exact) mass is 454 g/mol. The van der Waals surface area contributed by atoms with Crippen LogP contribution >= 0.6 is 0 Å². The van der Waals surface area contributed by atoms with Gasteiger partial charge in [-0.1, -0.05) is 13.2 Å². The minimum atomic E-state index is -0.333. The van der Waals surface area contributed by atoms with E-state index in [9.17, 15) is 9.59 Å². The van der Waals surface area contributed by atoms with Crippen LogP contribution in [0.15, 0.2) is 24.3 Å². The van der Waals surface area contributed by atoms with Crippen LogP contribution in [0.2, 0.25) is 0 Å². The number of unbranched alkanes of at least 4 members (excludes halogenated alkanes) is 3. The lowest BCUT2D eigenvalue weighted by molar-refractivity contribution is -0.140. The smallest absolute Gasteiger partial charge is 0.333 e. The van der Waals surface area contributed by atoms with E-state index in [2.05, 4.69) is 40.9 Å². The molecule has 0 amide bonds. The van der Waals surface area contributed by atoms with Crippen LogP contribution in [0.3, 0.4) is 0 Å². The molecule has 186 valence electrons. The first-order chi connectivity index (χ1) is 14.9. The van der Waals surface area contributed by atoms with Gasteiger partial charge < -0.3 is 18.9 Å². The molecule has 0 aliphatic carbocycles. The van der Waals surface area contributed by atoms with Gasteiger partial charge in [-0.05, 0) is 92.9 Å². The number of esters is 2. The lowest BCUT2D eigenvalue weighted by atomic mass is 10.00. The summed E-state index contributed by atoms with van der Waals surface area (Å²) in [5.41, 5.74) is 0.503. The predicted molar refractivity (Wildman–Crippen MR) is 129 cm³/mol. The van der Waals surface area contributed by atoms with E-state index in [0.717, 1.165) is 58.0 Å². The van der Waals surface area contributed by atoms with Crippen molar-refractivity contribution < 1.29 is 28.5 Å². The molecule has 0 aromatic carbocycles. The summed E-state index contributed by atoms with van der Waals surface area (Å²) >= 11 is 0. The van der Waals surface area contributed by atoms with Crippen LogP contribution in [0.4, 0.5) is 0 Å². The summed E-state index contributed by atoms with van der Waals surface area (Å²) in [6.45, 7) is 21.1. The van der Waals surface area contributed by atoms with Crippen LogP contribution in [0.25, 0.3) is 0 Å². The summed E-state index contributed by atoms with van der Waals surface area (Å²) in [6.07, 6.45) is 7.34. The van der Waals surface area contributed by atoms with Gasteiger partial charge in [0, 0.05) is 24.4 Å². The fourth-order valence-corrected chi connectivity index (χ4v) is 2.93. The molecule has 0 aromatic heterocycles. The van der Waals surface area contributed by atoms with Gasteiger partial charge in [0.25, 0.3) is 0 Å². The van der Waals surface area contributed by atoms with Crippen LogP contribution in [-0.2, 0) is 28.5 Å². The number of hydrogen-bond donors (Lipinski definition) is 0. The van der Waals surface area contributed by atoms with Gasteiger partial charge >= 0.3 is 11.9 Å². The molecule has 0 heterocycles. The van der Waals surface area contributed by atoms with Crippen molar-refractivity contribution in [2.24, 2.45) is 0 Å². The molecule has 0 fully saturated rings. The van der Waals surface area contributed by atoms with E-state index in [4.69, 9.17) is 18.9 Å². The zero-order valence-corrected chi connectivity index (χ0v) is 21.3. The Morgan fingerprint density at radius 3 is 1.28 bits per heavy atom. The van der Waals surface area contributed by atoms with Crippen molar-refractivity contribution in [2.45, 2.75) is 104 Å². The van der Waals surface area contributed by atoms with Gasteiger partial charge in [-0.2, -0.15) is 0 Å². The number of ether oxygens (including phenoxy) is 4. The van der Waals surface area contributed by atoms with Crippen LogP contribution < -0.4 is 0 Å². The maximum Gasteiger partial charge on any atom is 0.333 e. The summed E-state index contributed by atoms with van der Waals surface area (Å²) in [6, 6.07) is 0. The second kappa shape index (κ2) is 16.0. The Morgan fingerprint density at radius 2 is 0.906 bits per heavy atom. The first-order valence-corrected chi connectivity index (χ1v) is 11.8. The maximum atomic E-state index is 11.3. The molecule has 0 saturated carbocycles. The lowest BCUT2D eigenvalue weighted by Crippen LogP contribution is -2.26. The molecule has 0 atom stereocenters. The highest BCUT2D eigenvalue weighted by molar-refractivity contribution is 5.87. The predicted octanol–water partition coefficient (Wildman–Crippen LogP) is 5.94. The Bertz CT molecular complexity index is 591. The molecule has 6 nitrogen and oxygen atoms in total. The van der Waals surface area contributed by atoms with Crippen molar-refractivity contribution in [3.05, 3.63) is 24.3 Å². The van der Waals surface area contributed by atoms with Crippen molar-refractivity contribution in [1.82, 2.24) is 0 Å². The minimum Gasteiger partial charge on any atom is -0.462 e. The van der Waals surface area contributed by atoms with E-state index in [1.807, 2.05) is 0 Å². The Hall–Kier alpha value is -1.66.